The monoisotopic (exact) mass is 361 g/mol. The average Bonchev–Trinajstić information content (AvgIpc) is 2.72. The Bertz CT molecular complexity index is 897. The van der Waals surface area contributed by atoms with E-state index in [0.717, 1.165) is 22.6 Å². The van der Waals surface area contributed by atoms with Gasteiger partial charge in [0.25, 0.3) is 5.91 Å². The fourth-order valence-electron chi connectivity index (χ4n) is 2.83. The van der Waals surface area contributed by atoms with Gasteiger partial charge < -0.3 is 15.0 Å². The van der Waals surface area contributed by atoms with Gasteiger partial charge in [-0.25, -0.2) is 0 Å². The van der Waals surface area contributed by atoms with E-state index in [4.69, 9.17) is 4.74 Å². The van der Waals surface area contributed by atoms with Crippen molar-refractivity contribution in [2.24, 2.45) is 0 Å². The fourth-order valence-corrected chi connectivity index (χ4v) is 2.83. The minimum absolute atomic E-state index is 0.111. The quantitative estimate of drug-likeness (QED) is 0.692. The highest BCUT2D eigenvalue weighted by atomic mass is 16.5. The number of hydrogen-bond acceptors (Lipinski definition) is 4. The summed E-state index contributed by atoms with van der Waals surface area (Å²) >= 11 is 0. The molecule has 1 heterocycles. The van der Waals surface area contributed by atoms with E-state index in [1.165, 1.54) is 0 Å². The van der Waals surface area contributed by atoms with Crippen molar-refractivity contribution in [1.82, 2.24) is 9.88 Å². The zero-order chi connectivity index (χ0) is 19.1. The van der Waals surface area contributed by atoms with E-state index < -0.39 is 0 Å². The third kappa shape index (κ3) is 4.85. The Hall–Kier alpha value is -3.34. The molecule has 0 fully saturated rings. The highest BCUT2D eigenvalue weighted by molar-refractivity contribution is 5.92. The summed E-state index contributed by atoms with van der Waals surface area (Å²) in [4.78, 5) is 18.6. The van der Waals surface area contributed by atoms with Crippen LogP contribution in [0.1, 0.15) is 21.6 Å². The zero-order valence-corrected chi connectivity index (χ0v) is 15.6. The molecule has 0 atom stereocenters. The van der Waals surface area contributed by atoms with Crippen LogP contribution in [-0.4, -0.2) is 29.9 Å². The van der Waals surface area contributed by atoms with Gasteiger partial charge >= 0.3 is 0 Å². The molecule has 0 aliphatic carbocycles. The van der Waals surface area contributed by atoms with Crippen molar-refractivity contribution in [1.29, 1.82) is 0 Å². The maximum Gasteiger partial charge on any atom is 0.272 e. The lowest BCUT2D eigenvalue weighted by Gasteiger charge is -2.17. The zero-order valence-electron chi connectivity index (χ0n) is 15.6. The summed E-state index contributed by atoms with van der Waals surface area (Å²) in [6, 6.07) is 21.4. The van der Waals surface area contributed by atoms with Crippen molar-refractivity contribution in [3.05, 3.63) is 89.7 Å². The van der Waals surface area contributed by atoms with Crippen molar-refractivity contribution in [3.63, 3.8) is 0 Å². The number of ether oxygens (including phenoxy) is 1. The van der Waals surface area contributed by atoms with Crippen LogP contribution in [0.15, 0.2) is 72.9 Å². The third-order valence-electron chi connectivity index (χ3n) is 4.26. The van der Waals surface area contributed by atoms with Crippen LogP contribution in [0.25, 0.3) is 0 Å². The van der Waals surface area contributed by atoms with Gasteiger partial charge in [0.1, 0.15) is 11.4 Å². The van der Waals surface area contributed by atoms with Crippen molar-refractivity contribution in [2.45, 2.75) is 13.1 Å². The van der Waals surface area contributed by atoms with Crippen molar-refractivity contribution in [3.8, 4) is 5.75 Å². The summed E-state index contributed by atoms with van der Waals surface area (Å²) < 4.78 is 5.37. The topological polar surface area (TPSA) is 54.5 Å². The second-order valence-electron chi connectivity index (χ2n) is 6.24. The number of benzene rings is 2. The smallest absolute Gasteiger partial charge is 0.272 e. The molecule has 138 valence electrons. The first-order valence-electron chi connectivity index (χ1n) is 8.78. The molecule has 3 aromatic rings. The van der Waals surface area contributed by atoms with Crippen LogP contribution < -0.4 is 10.1 Å². The molecule has 0 spiro atoms. The second kappa shape index (κ2) is 8.85. The molecule has 3 rings (SSSR count). The first kappa shape index (κ1) is 18.5. The summed E-state index contributed by atoms with van der Waals surface area (Å²) in [5.74, 6) is 0.720. The van der Waals surface area contributed by atoms with E-state index in [1.54, 1.807) is 31.3 Å². The summed E-state index contributed by atoms with van der Waals surface area (Å²) in [5, 5.41) is 3.33. The number of anilines is 1. The van der Waals surface area contributed by atoms with E-state index in [1.807, 2.05) is 60.7 Å². The molecule has 0 bridgehead atoms. The molecular formula is C22H23N3O2. The molecule has 1 amide bonds. The minimum Gasteiger partial charge on any atom is -0.496 e. The maximum atomic E-state index is 12.7. The van der Waals surface area contributed by atoms with Crippen LogP contribution >= 0.6 is 0 Å². The number of aromatic nitrogens is 1. The second-order valence-corrected chi connectivity index (χ2v) is 6.24. The molecule has 5 nitrogen and oxygen atoms in total. The number of nitrogens with zero attached hydrogens (tertiary/aromatic N) is 2. The average molecular weight is 361 g/mol. The number of para-hydroxylation sites is 1. The fraction of sp³-hybridized carbons (Fsp3) is 0.182. The van der Waals surface area contributed by atoms with E-state index >= 15 is 0 Å². The van der Waals surface area contributed by atoms with Crippen molar-refractivity contribution >= 4 is 11.6 Å². The van der Waals surface area contributed by atoms with Gasteiger partial charge in [-0.1, -0.05) is 48.5 Å². The molecule has 0 aliphatic heterocycles. The number of amides is 1. The highest BCUT2D eigenvalue weighted by Crippen LogP contribution is 2.19. The number of carbonyl (C=O) groups is 1. The molecule has 0 radical (unpaired) electrons. The Morgan fingerprint density at radius 1 is 1.07 bits per heavy atom. The van der Waals surface area contributed by atoms with Gasteiger partial charge in [0, 0.05) is 37.6 Å². The third-order valence-corrected chi connectivity index (χ3v) is 4.26. The van der Waals surface area contributed by atoms with Crippen LogP contribution in [0.2, 0.25) is 0 Å². The molecule has 0 saturated heterocycles. The lowest BCUT2D eigenvalue weighted by molar-refractivity contribution is 0.0779. The van der Waals surface area contributed by atoms with Gasteiger partial charge in [-0.3, -0.25) is 9.78 Å². The van der Waals surface area contributed by atoms with E-state index in [9.17, 15) is 4.79 Å². The number of hydrogen-bond donors (Lipinski definition) is 1. The predicted molar refractivity (Wildman–Crippen MR) is 107 cm³/mol. The van der Waals surface area contributed by atoms with Gasteiger partial charge in [-0.05, 0) is 23.8 Å². The first-order chi connectivity index (χ1) is 13.2. The Morgan fingerprint density at radius 2 is 1.81 bits per heavy atom. The van der Waals surface area contributed by atoms with Crippen LogP contribution in [0.5, 0.6) is 5.75 Å². The van der Waals surface area contributed by atoms with Gasteiger partial charge in [0.05, 0.1) is 7.11 Å². The number of methoxy groups -OCH3 is 1. The van der Waals surface area contributed by atoms with Gasteiger partial charge in [0.15, 0.2) is 0 Å². The van der Waals surface area contributed by atoms with Gasteiger partial charge in [-0.2, -0.15) is 0 Å². The summed E-state index contributed by atoms with van der Waals surface area (Å²) in [5.41, 5.74) is 3.38. The molecule has 27 heavy (non-hydrogen) atoms. The van der Waals surface area contributed by atoms with Crippen LogP contribution in [-0.2, 0) is 13.1 Å². The van der Waals surface area contributed by atoms with Crippen molar-refractivity contribution in [2.75, 3.05) is 19.5 Å². The Morgan fingerprint density at radius 3 is 2.59 bits per heavy atom. The number of rotatable bonds is 7. The highest BCUT2D eigenvalue weighted by Gasteiger charge is 2.14. The number of nitrogens with one attached hydrogen (secondary N) is 1. The normalized spacial score (nSPS) is 10.3. The van der Waals surface area contributed by atoms with Gasteiger partial charge in [-0.15, -0.1) is 0 Å². The van der Waals surface area contributed by atoms with Crippen LogP contribution in [0, 0.1) is 0 Å². The largest absolute Gasteiger partial charge is 0.496 e. The molecule has 5 heteroatoms. The van der Waals surface area contributed by atoms with Crippen molar-refractivity contribution < 1.29 is 9.53 Å². The Kier molecular flexibility index (Phi) is 6.05. The molecule has 0 unspecified atom stereocenters. The predicted octanol–water partition coefficient (Wildman–Crippen LogP) is 3.97. The SMILES string of the molecule is COc1ccccc1CNc1ccnc(C(=O)N(C)Cc2ccccc2)c1. The first-order valence-corrected chi connectivity index (χ1v) is 8.78. The molecule has 2 aromatic carbocycles. The number of carbonyl (C=O) groups excluding carboxylic acids is 1. The molecule has 1 N–H and O–H groups in total. The van der Waals surface area contributed by atoms with E-state index in [0.29, 0.717) is 18.8 Å². The van der Waals surface area contributed by atoms with Gasteiger partial charge in [0.2, 0.25) is 0 Å². The lowest BCUT2D eigenvalue weighted by atomic mass is 10.2. The number of pyridine rings is 1. The molecule has 0 aliphatic rings. The molecular weight excluding hydrogens is 338 g/mol. The standard InChI is InChI=1S/C22H23N3O2/c1-25(16-17-8-4-3-5-9-17)22(26)20-14-19(12-13-23-20)24-15-18-10-6-7-11-21(18)27-2/h3-14H,15-16H2,1-2H3,(H,23,24). The van der Waals surface area contributed by atoms with Crippen LogP contribution in [0.3, 0.4) is 0 Å². The minimum atomic E-state index is -0.111. The van der Waals surface area contributed by atoms with E-state index in [-0.39, 0.29) is 5.91 Å². The Balaban J connectivity index is 1.66. The summed E-state index contributed by atoms with van der Waals surface area (Å²) in [6.07, 6.45) is 1.65. The Labute approximate surface area is 159 Å². The molecule has 1 aromatic heterocycles. The molecule has 0 saturated carbocycles. The summed E-state index contributed by atoms with van der Waals surface area (Å²) in [6.45, 7) is 1.14. The summed E-state index contributed by atoms with van der Waals surface area (Å²) in [7, 11) is 3.44. The van der Waals surface area contributed by atoms with E-state index in [2.05, 4.69) is 10.3 Å². The lowest BCUT2D eigenvalue weighted by Crippen LogP contribution is -2.27. The van der Waals surface area contributed by atoms with Crippen LogP contribution in [0.4, 0.5) is 5.69 Å². The maximum absolute atomic E-state index is 12.7.